The molecule has 0 amide bonds. The number of hydrogen-bond donors (Lipinski definition) is 2. The molecule has 0 bridgehead atoms. The Kier molecular flexibility index (Phi) is 6.10. The van der Waals surface area contributed by atoms with Crippen LogP contribution in [0.5, 0.6) is 5.75 Å². The molecule has 2 aromatic carbocycles. The largest absolute Gasteiger partial charge is 0.493 e. The van der Waals surface area contributed by atoms with Gasteiger partial charge in [0.2, 0.25) is 0 Å². The van der Waals surface area contributed by atoms with Crippen LogP contribution in [0.25, 0.3) is 11.1 Å². The SMILES string of the molecule is Cc1ccc(CNc2ccc3c(c2)OCC3CC(=O)O)c(C)c1-c1c(C)nn(C(F)F)c1C. The smallest absolute Gasteiger partial charge is 0.333 e. The molecule has 2 N–H and O–H groups in total. The van der Waals surface area contributed by atoms with Crippen LogP contribution in [0.4, 0.5) is 14.5 Å². The molecule has 0 saturated heterocycles. The molecule has 1 atom stereocenters. The Bertz CT molecular complexity index is 1220. The number of aryl methyl sites for hydroxylation is 2. The van der Waals surface area contributed by atoms with Crippen molar-refractivity contribution in [2.75, 3.05) is 11.9 Å². The van der Waals surface area contributed by atoms with E-state index in [0.717, 1.165) is 43.7 Å². The van der Waals surface area contributed by atoms with E-state index in [1.165, 1.54) is 0 Å². The number of rotatable bonds is 7. The Morgan fingerprint density at radius 3 is 2.64 bits per heavy atom. The van der Waals surface area contributed by atoms with Crippen LogP contribution in [0.1, 0.15) is 52.5 Å². The predicted molar refractivity (Wildman–Crippen MR) is 122 cm³/mol. The van der Waals surface area contributed by atoms with Gasteiger partial charge < -0.3 is 15.2 Å². The summed E-state index contributed by atoms with van der Waals surface area (Å²) >= 11 is 0. The van der Waals surface area contributed by atoms with E-state index in [1.807, 2.05) is 44.2 Å². The summed E-state index contributed by atoms with van der Waals surface area (Å²) in [7, 11) is 0. The van der Waals surface area contributed by atoms with E-state index >= 15 is 0 Å². The van der Waals surface area contributed by atoms with Crippen molar-refractivity contribution >= 4 is 11.7 Å². The second kappa shape index (κ2) is 8.84. The van der Waals surface area contributed by atoms with Crippen molar-refractivity contribution < 1.29 is 23.4 Å². The number of halogens is 2. The first-order chi connectivity index (χ1) is 15.7. The summed E-state index contributed by atoms with van der Waals surface area (Å²) in [5, 5.41) is 16.5. The Balaban J connectivity index is 1.59. The van der Waals surface area contributed by atoms with Crippen molar-refractivity contribution in [3.63, 3.8) is 0 Å². The molecule has 0 fully saturated rings. The normalized spacial score (nSPS) is 14.9. The number of carboxylic acids is 1. The van der Waals surface area contributed by atoms with Crippen LogP contribution >= 0.6 is 0 Å². The van der Waals surface area contributed by atoms with Crippen molar-refractivity contribution in [1.29, 1.82) is 0 Å². The van der Waals surface area contributed by atoms with Crippen molar-refractivity contribution in [1.82, 2.24) is 9.78 Å². The molecular formula is C25H27F2N3O3. The first-order valence-corrected chi connectivity index (χ1v) is 10.8. The van der Waals surface area contributed by atoms with Crippen LogP contribution in [0.15, 0.2) is 30.3 Å². The highest BCUT2D eigenvalue weighted by Crippen LogP contribution is 2.38. The molecule has 3 aromatic rings. The lowest BCUT2D eigenvalue weighted by Gasteiger charge is -2.17. The highest BCUT2D eigenvalue weighted by atomic mass is 19.3. The van der Waals surface area contributed by atoms with Gasteiger partial charge in [0.05, 0.1) is 18.7 Å². The number of ether oxygens (including phenoxy) is 1. The molecule has 0 saturated carbocycles. The van der Waals surface area contributed by atoms with Crippen LogP contribution in [0.3, 0.4) is 0 Å². The molecule has 4 rings (SSSR count). The second-order valence-electron chi connectivity index (χ2n) is 8.52. The van der Waals surface area contributed by atoms with Crippen molar-refractivity contribution in [3.8, 4) is 16.9 Å². The number of carbonyl (C=O) groups is 1. The molecule has 6 nitrogen and oxygen atoms in total. The molecule has 2 heterocycles. The minimum absolute atomic E-state index is 0.0477. The maximum absolute atomic E-state index is 13.4. The van der Waals surface area contributed by atoms with E-state index in [9.17, 15) is 13.6 Å². The number of anilines is 1. The summed E-state index contributed by atoms with van der Waals surface area (Å²) in [5.41, 5.74) is 7.56. The summed E-state index contributed by atoms with van der Waals surface area (Å²) in [6.07, 6.45) is 0.0477. The molecule has 0 radical (unpaired) electrons. The van der Waals surface area contributed by atoms with Gasteiger partial charge in [-0.1, -0.05) is 18.2 Å². The molecule has 33 heavy (non-hydrogen) atoms. The van der Waals surface area contributed by atoms with Crippen molar-refractivity contribution in [3.05, 3.63) is 64.0 Å². The van der Waals surface area contributed by atoms with Gasteiger partial charge in [-0.3, -0.25) is 4.79 Å². The third-order valence-corrected chi connectivity index (χ3v) is 6.34. The van der Waals surface area contributed by atoms with Crippen molar-refractivity contribution in [2.24, 2.45) is 0 Å². The molecule has 1 aliphatic rings. The van der Waals surface area contributed by atoms with E-state index < -0.39 is 12.5 Å². The van der Waals surface area contributed by atoms with Gasteiger partial charge in [-0.2, -0.15) is 13.9 Å². The van der Waals surface area contributed by atoms with Gasteiger partial charge in [0.25, 0.3) is 0 Å². The maximum Gasteiger partial charge on any atom is 0.333 e. The number of carboxylic acid groups (broad SMARTS) is 1. The lowest BCUT2D eigenvalue weighted by atomic mass is 9.91. The first-order valence-electron chi connectivity index (χ1n) is 10.8. The molecule has 1 unspecified atom stereocenters. The summed E-state index contributed by atoms with van der Waals surface area (Å²) in [5.74, 6) is -0.263. The fraction of sp³-hybridized carbons (Fsp3) is 0.360. The standard InChI is InChI=1S/C25H27F2N3O3/c1-13-5-6-17(14(2)23(13)24-15(3)29-30(16(24)4)25(26)27)11-28-19-7-8-20-18(9-22(31)32)12-33-21(20)10-19/h5-8,10,18,25,28H,9,11-12H2,1-4H3,(H,31,32). The predicted octanol–water partition coefficient (Wildman–Crippen LogP) is 5.74. The van der Waals surface area contributed by atoms with Crippen LogP contribution in [0.2, 0.25) is 0 Å². The fourth-order valence-electron chi connectivity index (χ4n) is 4.64. The maximum atomic E-state index is 13.4. The third kappa shape index (κ3) is 4.29. The molecule has 174 valence electrons. The minimum atomic E-state index is -2.68. The van der Waals surface area contributed by atoms with E-state index in [-0.39, 0.29) is 12.3 Å². The highest BCUT2D eigenvalue weighted by Gasteiger charge is 2.26. The molecule has 0 aliphatic carbocycles. The van der Waals surface area contributed by atoms with Gasteiger partial charge in [0, 0.05) is 41.0 Å². The summed E-state index contributed by atoms with van der Waals surface area (Å²) < 4.78 is 33.2. The molecular weight excluding hydrogens is 428 g/mol. The molecule has 0 spiro atoms. The van der Waals surface area contributed by atoms with Crippen LogP contribution in [-0.4, -0.2) is 27.5 Å². The molecule has 1 aliphatic heterocycles. The summed E-state index contributed by atoms with van der Waals surface area (Å²) in [6, 6.07) is 9.77. The van der Waals surface area contributed by atoms with Crippen LogP contribution < -0.4 is 10.1 Å². The number of aromatic nitrogens is 2. The Hall–Kier alpha value is -3.42. The fourth-order valence-corrected chi connectivity index (χ4v) is 4.64. The first kappa shape index (κ1) is 22.8. The third-order valence-electron chi connectivity index (χ3n) is 6.34. The minimum Gasteiger partial charge on any atom is -0.493 e. The lowest BCUT2D eigenvalue weighted by molar-refractivity contribution is -0.137. The monoisotopic (exact) mass is 455 g/mol. The van der Waals surface area contributed by atoms with E-state index in [2.05, 4.69) is 10.4 Å². The summed E-state index contributed by atoms with van der Waals surface area (Å²) in [4.78, 5) is 11.0. The van der Waals surface area contributed by atoms with Gasteiger partial charge >= 0.3 is 12.5 Å². The number of benzene rings is 2. The van der Waals surface area contributed by atoms with Gasteiger partial charge in [-0.05, 0) is 56.0 Å². The van der Waals surface area contributed by atoms with Crippen LogP contribution in [0, 0.1) is 27.7 Å². The second-order valence-corrected chi connectivity index (χ2v) is 8.52. The van der Waals surface area contributed by atoms with E-state index in [1.54, 1.807) is 13.8 Å². The number of alkyl halides is 2. The highest BCUT2D eigenvalue weighted by molar-refractivity contribution is 5.76. The topological polar surface area (TPSA) is 76.4 Å². The van der Waals surface area contributed by atoms with Gasteiger partial charge in [-0.15, -0.1) is 0 Å². The number of nitrogens with one attached hydrogen (secondary N) is 1. The molecule has 8 heteroatoms. The zero-order valence-electron chi connectivity index (χ0n) is 19.1. The van der Waals surface area contributed by atoms with E-state index in [0.29, 0.717) is 30.3 Å². The average Bonchev–Trinajstić information content (AvgIpc) is 3.28. The number of hydrogen-bond acceptors (Lipinski definition) is 4. The Morgan fingerprint density at radius 1 is 1.21 bits per heavy atom. The summed E-state index contributed by atoms with van der Waals surface area (Å²) in [6.45, 7) is 5.64. The number of aliphatic carboxylic acids is 1. The van der Waals surface area contributed by atoms with Gasteiger partial charge in [0.1, 0.15) is 5.75 Å². The Labute approximate surface area is 191 Å². The zero-order valence-corrected chi connectivity index (χ0v) is 19.1. The Morgan fingerprint density at radius 2 is 1.97 bits per heavy atom. The van der Waals surface area contributed by atoms with Gasteiger partial charge in [-0.25, -0.2) is 4.68 Å². The van der Waals surface area contributed by atoms with Crippen molar-refractivity contribution in [2.45, 2.75) is 53.1 Å². The lowest BCUT2D eigenvalue weighted by Crippen LogP contribution is -2.07. The number of nitrogens with zero attached hydrogens (tertiary/aromatic N) is 2. The van der Waals surface area contributed by atoms with E-state index in [4.69, 9.17) is 9.84 Å². The van der Waals surface area contributed by atoms with Crippen LogP contribution in [-0.2, 0) is 11.3 Å². The molecule has 1 aromatic heterocycles. The average molecular weight is 456 g/mol. The van der Waals surface area contributed by atoms with Gasteiger partial charge in [0.15, 0.2) is 0 Å². The number of fused-ring (bicyclic) bond motifs is 1. The quantitative estimate of drug-likeness (QED) is 0.475. The zero-order chi connectivity index (χ0) is 23.9.